The fraction of sp³-hybridized carbons (Fsp3) is 0.438. The van der Waals surface area contributed by atoms with Crippen molar-refractivity contribution in [1.82, 2.24) is 10.3 Å². The maximum Gasteiger partial charge on any atom is 0.360 e. The van der Waals surface area contributed by atoms with E-state index in [0.717, 1.165) is 22.4 Å². The first-order chi connectivity index (χ1) is 20.1. The van der Waals surface area contributed by atoms with Crippen LogP contribution in [-0.2, 0) is 26.2 Å². The molecular weight excluding hydrogens is 538 g/mol. The van der Waals surface area contributed by atoms with Crippen molar-refractivity contribution < 1.29 is 33.4 Å². The van der Waals surface area contributed by atoms with E-state index >= 15 is 0 Å². The van der Waals surface area contributed by atoms with Crippen LogP contribution in [0.2, 0.25) is 0 Å². The van der Waals surface area contributed by atoms with Crippen LogP contribution in [0, 0.1) is 17.8 Å². The Balaban J connectivity index is 1.60. The molecule has 0 saturated heterocycles. The number of ketones is 1. The molecule has 10 nitrogen and oxygen atoms in total. The van der Waals surface area contributed by atoms with E-state index in [0.29, 0.717) is 5.75 Å². The van der Waals surface area contributed by atoms with Gasteiger partial charge in [-0.25, -0.2) is 9.78 Å². The summed E-state index contributed by atoms with van der Waals surface area (Å²) in [7, 11) is 1.29. The number of aliphatic hydroxyl groups is 1. The highest BCUT2D eigenvalue weighted by Crippen LogP contribution is 2.58. The van der Waals surface area contributed by atoms with Gasteiger partial charge in [0.25, 0.3) is 0 Å². The number of esters is 1. The SMILES string of the molecule is COC(=O)c1nc2oc1C13c4ccccc4N[C@H]1Oc1ccc(cc13)C[C@H](CC(=O)[C@@H](O)C(C)C)C(=O)N[C@H]2C(C)C. The van der Waals surface area contributed by atoms with E-state index < -0.39 is 35.7 Å². The molecule has 1 unspecified atom stereocenters. The van der Waals surface area contributed by atoms with E-state index in [1.165, 1.54) is 7.11 Å². The number of para-hydroxylation sites is 1. The number of hydrogen-bond acceptors (Lipinski definition) is 9. The topological polar surface area (TPSA) is 140 Å². The molecule has 3 N–H and O–H groups in total. The molecule has 6 rings (SSSR count). The van der Waals surface area contributed by atoms with Gasteiger partial charge in [-0.1, -0.05) is 58.0 Å². The number of hydrogen-bond donors (Lipinski definition) is 3. The van der Waals surface area contributed by atoms with Gasteiger partial charge in [-0.3, -0.25) is 9.59 Å². The van der Waals surface area contributed by atoms with Gasteiger partial charge in [0.05, 0.1) is 7.11 Å². The molecule has 2 aromatic carbocycles. The lowest BCUT2D eigenvalue weighted by atomic mass is 9.72. The highest BCUT2D eigenvalue weighted by Gasteiger charge is 2.61. The molecule has 5 atom stereocenters. The minimum absolute atomic E-state index is 0.00351. The highest BCUT2D eigenvalue weighted by atomic mass is 16.5. The Hall–Kier alpha value is -4.18. The normalized spacial score (nSPS) is 24.5. The zero-order chi connectivity index (χ0) is 29.9. The summed E-state index contributed by atoms with van der Waals surface area (Å²) < 4.78 is 18.2. The van der Waals surface area contributed by atoms with E-state index in [1.807, 2.05) is 56.3 Å². The number of anilines is 1. The van der Waals surface area contributed by atoms with E-state index in [-0.39, 0.29) is 53.7 Å². The van der Waals surface area contributed by atoms with Crippen molar-refractivity contribution in [1.29, 1.82) is 0 Å². The van der Waals surface area contributed by atoms with Crippen LogP contribution in [0.3, 0.4) is 0 Å². The largest absolute Gasteiger partial charge is 0.469 e. The van der Waals surface area contributed by atoms with Crippen LogP contribution in [0.25, 0.3) is 0 Å². The molecule has 10 heteroatoms. The molecule has 3 aliphatic heterocycles. The Kier molecular flexibility index (Phi) is 6.84. The lowest BCUT2D eigenvalue weighted by molar-refractivity contribution is -0.135. The molecule has 0 fully saturated rings. The number of oxazole rings is 1. The van der Waals surface area contributed by atoms with Gasteiger partial charge >= 0.3 is 5.97 Å². The van der Waals surface area contributed by atoms with Crippen LogP contribution in [0.15, 0.2) is 46.9 Å². The highest BCUT2D eigenvalue weighted by molar-refractivity contribution is 5.91. The Bertz CT molecular complexity index is 1580. The Morgan fingerprint density at radius 3 is 2.60 bits per heavy atom. The van der Waals surface area contributed by atoms with Crippen LogP contribution < -0.4 is 15.4 Å². The van der Waals surface area contributed by atoms with Crippen molar-refractivity contribution in [3.63, 3.8) is 0 Å². The third-order valence-corrected chi connectivity index (χ3v) is 8.62. The molecule has 1 amide bonds. The van der Waals surface area contributed by atoms with Crippen LogP contribution in [0.1, 0.15) is 79.0 Å². The molecule has 1 spiro atoms. The second-order valence-corrected chi connectivity index (χ2v) is 12.0. The van der Waals surface area contributed by atoms with Gasteiger partial charge in [-0.15, -0.1) is 0 Å². The molecule has 0 aliphatic carbocycles. The lowest BCUT2D eigenvalue weighted by Gasteiger charge is -2.28. The van der Waals surface area contributed by atoms with Gasteiger partial charge in [0.1, 0.15) is 23.3 Å². The number of aliphatic hydroxyl groups excluding tert-OH is 1. The zero-order valence-corrected chi connectivity index (χ0v) is 24.3. The molecule has 220 valence electrons. The van der Waals surface area contributed by atoms with Crippen molar-refractivity contribution in [2.45, 2.75) is 64.3 Å². The maximum absolute atomic E-state index is 13.8. The van der Waals surface area contributed by atoms with Gasteiger partial charge in [0.15, 0.2) is 23.5 Å². The van der Waals surface area contributed by atoms with E-state index in [2.05, 4.69) is 15.6 Å². The van der Waals surface area contributed by atoms with Crippen LogP contribution >= 0.6 is 0 Å². The number of nitrogens with zero attached hydrogens (tertiary/aromatic N) is 1. The van der Waals surface area contributed by atoms with Crippen LogP contribution in [0.4, 0.5) is 5.69 Å². The average Bonchev–Trinajstić information content (AvgIpc) is 3.63. The minimum atomic E-state index is -1.17. The summed E-state index contributed by atoms with van der Waals surface area (Å²) in [5.41, 5.74) is 2.16. The number of methoxy groups -OCH3 is 1. The van der Waals surface area contributed by atoms with Gasteiger partial charge < -0.3 is 29.6 Å². The molecule has 0 radical (unpaired) electrons. The molecule has 1 aromatic heterocycles. The van der Waals surface area contributed by atoms with Crippen LogP contribution in [-0.4, -0.2) is 47.2 Å². The predicted octanol–water partition coefficient (Wildman–Crippen LogP) is 3.90. The molecule has 4 bridgehead atoms. The standard InChI is InChI=1S/C32H35N3O7/c1-15(2)24-29-35-25(30(39)40-5)27(42-29)32-19-8-6-7-9-21(19)33-31(32)41-23-11-10-17(13-20(23)32)12-18(28(38)34-24)14-22(36)26(37)16(3)4/h6-11,13,15-16,18,24,26,31,33,37H,12,14H2,1-5H3,(H,34,38)/t18-,24+,26+,31+,32?/m1/s1. The summed E-state index contributed by atoms with van der Waals surface area (Å²) in [6, 6.07) is 12.7. The summed E-state index contributed by atoms with van der Waals surface area (Å²) in [5.74, 6) is -1.61. The number of aromatic nitrogens is 1. The summed E-state index contributed by atoms with van der Waals surface area (Å²) in [6.45, 7) is 7.35. The van der Waals surface area contributed by atoms with Gasteiger partial charge in [0.2, 0.25) is 11.8 Å². The maximum atomic E-state index is 13.8. The van der Waals surface area contributed by atoms with E-state index in [1.54, 1.807) is 13.8 Å². The number of amides is 1. The summed E-state index contributed by atoms with van der Waals surface area (Å²) in [6.07, 6.45) is -1.69. The molecule has 3 aliphatic rings. The first-order valence-electron chi connectivity index (χ1n) is 14.3. The number of carbonyl (C=O) groups excluding carboxylic acids is 3. The van der Waals surface area contributed by atoms with Crippen molar-refractivity contribution >= 4 is 23.3 Å². The van der Waals surface area contributed by atoms with Crippen molar-refractivity contribution in [2.75, 3.05) is 12.4 Å². The van der Waals surface area contributed by atoms with E-state index in [4.69, 9.17) is 13.9 Å². The molecule has 4 heterocycles. The quantitative estimate of drug-likeness (QED) is 0.375. The second kappa shape index (κ2) is 10.3. The van der Waals surface area contributed by atoms with E-state index in [9.17, 15) is 19.5 Å². The third-order valence-electron chi connectivity index (χ3n) is 8.62. The summed E-state index contributed by atoms with van der Waals surface area (Å²) >= 11 is 0. The van der Waals surface area contributed by atoms with Gasteiger partial charge in [0, 0.05) is 23.6 Å². The monoisotopic (exact) mass is 573 g/mol. The smallest absolute Gasteiger partial charge is 0.360 e. The third kappa shape index (κ3) is 4.19. The lowest BCUT2D eigenvalue weighted by Crippen LogP contribution is -2.41. The van der Waals surface area contributed by atoms with Gasteiger partial charge in [-0.05, 0) is 41.5 Å². The average molecular weight is 574 g/mol. The summed E-state index contributed by atoms with van der Waals surface area (Å²) in [5, 5.41) is 17.0. The minimum Gasteiger partial charge on any atom is -0.469 e. The van der Waals surface area contributed by atoms with Crippen molar-refractivity contribution in [3.8, 4) is 5.75 Å². The van der Waals surface area contributed by atoms with Crippen LogP contribution in [0.5, 0.6) is 5.75 Å². The number of fused-ring (bicyclic) bond motifs is 4. The molecule has 0 saturated carbocycles. The second-order valence-electron chi connectivity index (χ2n) is 12.0. The van der Waals surface area contributed by atoms with Crippen molar-refractivity contribution in [3.05, 3.63) is 76.5 Å². The number of benzene rings is 2. The fourth-order valence-corrected chi connectivity index (χ4v) is 6.39. The number of nitrogens with one attached hydrogen (secondary N) is 2. The Morgan fingerprint density at radius 1 is 1.12 bits per heavy atom. The number of ether oxygens (including phenoxy) is 2. The van der Waals surface area contributed by atoms with Gasteiger partial charge in [-0.2, -0.15) is 0 Å². The number of carbonyl (C=O) groups is 3. The first kappa shape index (κ1) is 28.0. The predicted molar refractivity (Wildman–Crippen MR) is 152 cm³/mol. The Labute approximate surface area is 243 Å². The van der Waals surface area contributed by atoms with Crippen molar-refractivity contribution in [2.24, 2.45) is 17.8 Å². The zero-order valence-electron chi connectivity index (χ0n) is 24.3. The molecule has 3 aromatic rings. The first-order valence-corrected chi connectivity index (χ1v) is 14.3. The molecule has 42 heavy (non-hydrogen) atoms. The number of rotatable bonds is 6. The fourth-order valence-electron chi connectivity index (χ4n) is 6.39. The number of Topliss-reactive ketones (excluding diaryl/α,β-unsaturated/α-hetero) is 1. The molecular formula is C32H35N3O7. The summed E-state index contributed by atoms with van der Waals surface area (Å²) in [4.78, 5) is 44.7. The Morgan fingerprint density at radius 2 is 1.88 bits per heavy atom.